The first-order valence-electron chi connectivity index (χ1n) is 4.81. The maximum atomic E-state index is 12.6. The van der Waals surface area contributed by atoms with E-state index in [1.807, 2.05) is 0 Å². The number of alkyl halides is 3. The van der Waals surface area contributed by atoms with Crippen molar-refractivity contribution in [1.29, 1.82) is 0 Å². The minimum Gasteiger partial charge on any atom is -0.508 e. The van der Waals surface area contributed by atoms with Gasteiger partial charge in [-0.05, 0) is 28.6 Å². The molecule has 1 aromatic heterocycles. The lowest BCUT2D eigenvalue weighted by molar-refractivity contribution is -0.146. The van der Waals surface area contributed by atoms with Crippen LogP contribution in [0.4, 0.5) is 13.2 Å². The average molecular weight is 259 g/mol. The summed E-state index contributed by atoms with van der Waals surface area (Å²) in [6, 6.07) is 3.79. The Morgan fingerprint density at radius 3 is 2.67 bits per heavy atom. The highest BCUT2D eigenvalue weighted by molar-refractivity contribution is 5.43. The molecule has 0 fully saturated rings. The van der Waals surface area contributed by atoms with Crippen molar-refractivity contribution in [3.8, 4) is 11.4 Å². The largest absolute Gasteiger partial charge is 0.508 e. The lowest BCUT2D eigenvalue weighted by Gasteiger charge is -2.09. The van der Waals surface area contributed by atoms with Crippen molar-refractivity contribution in [3.63, 3.8) is 0 Å². The highest BCUT2D eigenvalue weighted by atomic mass is 19.4. The van der Waals surface area contributed by atoms with Gasteiger partial charge < -0.3 is 10.8 Å². The smallest absolute Gasteiger partial charge is 0.453 e. The van der Waals surface area contributed by atoms with Crippen LogP contribution in [0.3, 0.4) is 0 Å². The third-order valence-corrected chi connectivity index (χ3v) is 2.25. The Bertz CT molecular complexity index is 566. The fraction of sp³-hybridized carbons (Fsp3) is 0.222. The Labute approximate surface area is 98.8 Å². The molecule has 2 rings (SSSR count). The third kappa shape index (κ3) is 2.12. The molecule has 0 unspecified atom stereocenters. The summed E-state index contributed by atoms with van der Waals surface area (Å²) in [6.45, 7) is -0.0108. The monoisotopic (exact) mass is 259 g/mol. The Balaban J connectivity index is 2.53. The SMILES string of the molecule is NCc1cc(-n2nnnc2C(F)(F)F)ccc1O. The van der Waals surface area contributed by atoms with Crippen molar-refractivity contribution < 1.29 is 18.3 Å². The van der Waals surface area contributed by atoms with Crippen molar-refractivity contribution in [2.75, 3.05) is 0 Å². The summed E-state index contributed by atoms with van der Waals surface area (Å²) in [5.41, 5.74) is 5.73. The van der Waals surface area contributed by atoms with Gasteiger partial charge in [0, 0.05) is 12.1 Å². The summed E-state index contributed by atoms with van der Waals surface area (Å²) in [5.74, 6) is -1.33. The number of nitrogens with two attached hydrogens (primary N) is 1. The van der Waals surface area contributed by atoms with Gasteiger partial charge in [0.05, 0.1) is 5.69 Å². The second kappa shape index (κ2) is 4.26. The molecule has 0 bridgehead atoms. The number of nitrogens with zero attached hydrogens (tertiary/aromatic N) is 4. The second-order valence-electron chi connectivity index (χ2n) is 3.43. The molecule has 0 amide bonds. The van der Waals surface area contributed by atoms with Crippen molar-refractivity contribution in [3.05, 3.63) is 29.6 Å². The zero-order chi connectivity index (χ0) is 13.3. The molecular weight excluding hydrogens is 251 g/mol. The summed E-state index contributed by atoms with van der Waals surface area (Å²) in [4.78, 5) is 0. The van der Waals surface area contributed by atoms with Crippen LogP contribution in [0, 0.1) is 0 Å². The van der Waals surface area contributed by atoms with Gasteiger partial charge in [0.15, 0.2) is 0 Å². The van der Waals surface area contributed by atoms with Gasteiger partial charge >= 0.3 is 6.18 Å². The molecule has 3 N–H and O–H groups in total. The molecule has 96 valence electrons. The Hall–Kier alpha value is -2.16. The molecule has 6 nitrogen and oxygen atoms in total. The average Bonchev–Trinajstić information content (AvgIpc) is 2.78. The molecule has 0 aliphatic carbocycles. The lowest BCUT2D eigenvalue weighted by atomic mass is 10.2. The number of hydrogen-bond acceptors (Lipinski definition) is 5. The van der Waals surface area contributed by atoms with Crippen LogP contribution in [-0.2, 0) is 12.7 Å². The van der Waals surface area contributed by atoms with Crippen molar-refractivity contribution in [2.24, 2.45) is 5.73 Å². The van der Waals surface area contributed by atoms with Gasteiger partial charge in [0.1, 0.15) is 5.75 Å². The Morgan fingerprint density at radius 2 is 2.06 bits per heavy atom. The van der Waals surface area contributed by atoms with Gasteiger partial charge in [-0.25, -0.2) is 0 Å². The number of phenolic OH excluding ortho intramolecular Hbond substituents is 1. The lowest BCUT2D eigenvalue weighted by Crippen LogP contribution is -2.15. The zero-order valence-electron chi connectivity index (χ0n) is 8.89. The quantitative estimate of drug-likeness (QED) is 0.834. The standard InChI is InChI=1S/C9H8F3N5O/c10-9(11,12)8-14-15-16-17(8)6-1-2-7(18)5(3-6)4-13/h1-3,18H,4,13H2. The number of aromatic hydroxyl groups is 1. The number of phenols is 1. The van der Waals surface area contributed by atoms with E-state index in [1.54, 1.807) is 0 Å². The first kappa shape index (κ1) is 12.3. The molecule has 9 heteroatoms. The van der Waals surface area contributed by atoms with Crippen molar-refractivity contribution in [1.82, 2.24) is 20.2 Å². The molecule has 0 radical (unpaired) electrons. The van der Waals surface area contributed by atoms with Crippen LogP contribution in [0.2, 0.25) is 0 Å². The number of tetrazole rings is 1. The minimum atomic E-state index is -4.66. The van der Waals surface area contributed by atoms with E-state index in [2.05, 4.69) is 15.5 Å². The van der Waals surface area contributed by atoms with Gasteiger partial charge in [0.2, 0.25) is 0 Å². The van der Waals surface area contributed by atoms with E-state index in [-0.39, 0.29) is 18.0 Å². The normalized spacial score (nSPS) is 11.8. The highest BCUT2D eigenvalue weighted by Crippen LogP contribution is 2.29. The molecule has 0 saturated carbocycles. The Kier molecular flexibility index (Phi) is 2.91. The zero-order valence-corrected chi connectivity index (χ0v) is 8.89. The molecular formula is C9H8F3N5O. The first-order valence-corrected chi connectivity index (χ1v) is 4.81. The van der Waals surface area contributed by atoms with Gasteiger partial charge in [-0.15, -0.1) is 5.10 Å². The summed E-state index contributed by atoms with van der Waals surface area (Å²) in [5, 5.41) is 18.6. The summed E-state index contributed by atoms with van der Waals surface area (Å²) in [7, 11) is 0. The van der Waals surface area contributed by atoms with Crippen molar-refractivity contribution in [2.45, 2.75) is 12.7 Å². The summed E-state index contributed by atoms with van der Waals surface area (Å²) < 4.78 is 38.3. The molecule has 0 saturated heterocycles. The van der Waals surface area contributed by atoms with Gasteiger partial charge in [-0.1, -0.05) is 0 Å². The van der Waals surface area contributed by atoms with Crippen molar-refractivity contribution >= 4 is 0 Å². The maximum absolute atomic E-state index is 12.6. The topological polar surface area (TPSA) is 89.9 Å². The molecule has 0 aliphatic rings. The number of hydrogen-bond donors (Lipinski definition) is 2. The van der Waals surface area contributed by atoms with Crippen LogP contribution in [0.1, 0.15) is 11.4 Å². The van der Waals surface area contributed by atoms with E-state index in [0.717, 1.165) is 0 Å². The summed E-state index contributed by atoms with van der Waals surface area (Å²) >= 11 is 0. The van der Waals surface area contributed by atoms with E-state index in [9.17, 15) is 18.3 Å². The predicted octanol–water partition coefficient (Wildman–Crippen LogP) is 0.845. The van der Waals surface area contributed by atoms with E-state index in [4.69, 9.17) is 5.73 Å². The van der Waals surface area contributed by atoms with Crippen LogP contribution in [0.25, 0.3) is 5.69 Å². The van der Waals surface area contributed by atoms with Gasteiger partial charge in [0.25, 0.3) is 5.82 Å². The van der Waals surface area contributed by atoms with Crippen LogP contribution < -0.4 is 5.73 Å². The number of rotatable bonds is 2. The number of benzene rings is 1. The summed E-state index contributed by atoms with van der Waals surface area (Å²) in [6.07, 6.45) is -4.66. The van der Waals surface area contributed by atoms with Crippen LogP contribution >= 0.6 is 0 Å². The van der Waals surface area contributed by atoms with E-state index in [1.165, 1.54) is 18.2 Å². The number of aromatic nitrogens is 4. The van der Waals surface area contributed by atoms with Crippen LogP contribution in [0.5, 0.6) is 5.75 Å². The highest BCUT2D eigenvalue weighted by Gasteiger charge is 2.38. The molecule has 1 aromatic carbocycles. The second-order valence-corrected chi connectivity index (χ2v) is 3.43. The van der Waals surface area contributed by atoms with Crippen LogP contribution in [0.15, 0.2) is 18.2 Å². The fourth-order valence-electron chi connectivity index (χ4n) is 1.40. The Morgan fingerprint density at radius 1 is 1.33 bits per heavy atom. The molecule has 0 spiro atoms. The van der Waals surface area contributed by atoms with Gasteiger partial charge in [-0.2, -0.15) is 17.9 Å². The number of halogens is 3. The molecule has 1 heterocycles. The molecule has 0 atom stereocenters. The van der Waals surface area contributed by atoms with E-state index < -0.39 is 12.0 Å². The minimum absolute atomic E-state index is 0.0108. The maximum Gasteiger partial charge on any atom is 0.453 e. The molecule has 18 heavy (non-hydrogen) atoms. The van der Waals surface area contributed by atoms with Crippen LogP contribution in [-0.4, -0.2) is 25.3 Å². The third-order valence-electron chi connectivity index (χ3n) is 2.25. The van der Waals surface area contributed by atoms with Gasteiger partial charge in [-0.3, -0.25) is 0 Å². The first-order chi connectivity index (χ1) is 8.43. The predicted molar refractivity (Wildman–Crippen MR) is 53.7 cm³/mol. The van der Waals surface area contributed by atoms with E-state index in [0.29, 0.717) is 10.2 Å². The molecule has 2 aromatic rings. The fourth-order valence-corrected chi connectivity index (χ4v) is 1.40. The molecule has 0 aliphatic heterocycles. The van der Waals surface area contributed by atoms with E-state index >= 15 is 0 Å².